The van der Waals surface area contributed by atoms with Crippen molar-refractivity contribution >= 4 is 29.0 Å². The van der Waals surface area contributed by atoms with Crippen molar-refractivity contribution in [2.45, 2.75) is 6.18 Å². The number of nitrogens with one attached hydrogen (secondary N) is 4. The minimum atomic E-state index is -4.49. The smallest absolute Gasteiger partial charge is 0.325 e. The molecule has 7 nitrogen and oxygen atoms in total. The van der Waals surface area contributed by atoms with Crippen molar-refractivity contribution in [2.75, 3.05) is 48.7 Å². The van der Waals surface area contributed by atoms with Gasteiger partial charge in [-0.3, -0.25) is 9.69 Å². The minimum Gasteiger partial charge on any atom is -0.325 e. The van der Waals surface area contributed by atoms with Gasteiger partial charge in [0.2, 0.25) is 5.91 Å². The molecule has 0 aromatic heterocycles. The van der Waals surface area contributed by atoms with E-state index in [0.717, 1.165) is 38.3 Å². The maximum absolute atomic E-state index is 12.7. The molecule has 0 unspecified atom stereocenters. The van der Waals surface area contributed by atoms with Crippen molar-refractivity contribution in [3.8, 4) is 0 Å². The topological polar surface area (TPSA) is 85.5 Å². The van der Waals surface area contributed by atoms with Crippen LogP contribution in [-0.4, -0.2) is 49.6 Å². The number of nitrogens with zero attached hydrogens (tertiary/aromatic N) is 1. The molecule has 1 heterocycles. The Morgan fingerprint density at radius 2 is 1.50 bits per heavy atom. The van der Waals surface area contributed by atoms with Crippen LogP contribution in [0.25, 0.3) is 0 Å². The standard InChI is InChI=1S/C20H22F3N5O2/c21-20(22,23)14-2-1-3-17(12-14)27-19(30)26-16-6-4-15(5-7-16)25-18(29)13-28-10-8-24-9-11-28/h1-7,12,24H,8-11,13H2,(H,25,29)(H2,26,27,30). The molecule has 30 heavy (non-hydrogen) atoms. The largest absolute Gasteiger partial charge is 0.416 e. The summed E-state index contributed by atoms with van der Waals surface area (Å²) >= 11 is 0. The molecule has 4 N–H and O–H groups in total. The highest BCUT2D eigenvalue weighted by atomic mass is 19.4. The lowest BCUT2D eigenvalue weighted by Crippen LogP contribution is -2.46. The van der Waals surface area contributed by atoms with Crippen molar-refractivity contribution in [1.82, 2.24) is 10.2 Å². The second-order valence-electron chi connectivity index (χ2n) is 6.81. The molecule has 1 aliphatic rings. The van der Waals surface area contributed by atoms with Crippen LogP contribution in [0.2, 0.25) is 0 Å². The summed E-state index contributed by atoms with van der Waals surface area (Å²) in [4.78, 5) is 26.2. The van der Waals surface area contributed by atoms with E-state index < -0.39 is 17.8 Å². The van der Waals surface area contributed by atoms with E-state index in [4.69, 9.17) is 0 Å². The third-order valence-corrected chi connectivity index (χ3v) is 4.45. The second-order valence-corrected chi connectivity index (χ2v) is 6.81. The number of carbonyl (C=O) groups is 2. The van der Waals surface area contributed by atoms with Crippen LogP contribution in [0.5, 0.6) is 0 Å². The Morgan fingerprint density at radius 1 is 0.900 bits per heavy atom. The zero-order valence-electron chi connectivity index (χ0n) is 16.1. The Balaban J connectivity index is 1.50. The Bertz CT molecular complexity index is 881. The molecule has 3 rings (SSSR count). The molecule has 0 spiro atoms. The van der Waals surface area contributed by atoms with Gasteiger partial charge in [0.05, 0.1) is 12.1 Å². The monoisotopic (exact) mass is 421 g/mol. The van der Waals surface area contributed by atoms with Crippen molar-refractivity contribution in [3.63, 3.8) is 0 Å². The van der Waals surface area contributed by atoms with E-state index in [2.05, 4.69) is 26.2 Å². The first kappa shape index (κ1) is 21.6. The normalized spacial score (nSPS) is 14.8. The molecule has 2 aromatic carbocycles. The van der Waals surface area contributed by atoms with Gasteiger partial charge in [0.1, 0.15) is 0 Å². The number of amides is 3. The Labute approximate surface area is 171 Å². The third-order valence-electron chi connectivity index (χ3n) is 4.45. The summed E-state index contributed by atoms with van der Waals surface area (Å²) in [6.45, 7) is 3.65. The second kappa shape index (κ2) is 9.59. The predicted octanol–water partition coefficient (Wildman–Crippen LogP) is 3.19. The Kier molecular flexibility index (Phi) is 6.91. The third kappa shape index (κ3) is 6.46. The van der Waals surface area contributed by atoms with Crippen LogP contribution in [0.15, 0.2) is 48.5 Å². The van der Waals surface area contributed by atoms with E-state index in [-0.39, 0.29) is 11.6 Å². The summed E-state index contributed by atoms with van der Waals surface area (Å²) in [5.41, 5.74) is 0.193. The molecule has 3 amide bonds. The van der Waals surface area contributed by atoms with Crippen molar-refractivity contribution in [3.05, 3.63) is 54.1 Å². The maximum Gasteiger partial charge on any atom is 0.416 e. The van der Waals surface area contributed by atoms with Crippen LogP contribution in [0.4, 0.5) is 35.0 Å². The highest BCUT2D eigenvalue weighted by Gasteiger charge is 2.30. The van der Waals surface area contributed by atoms with E-state index in [1.807, 2.05) is 0 Å². The summed E-state index contributed by atoms with van der Waals surface area (Å²) in [7, 11) is 0. The Hall–Kier alpha value is -3.11. The molecular formula is C20H22F3N5O2. The molecule has 1 saturated heterocycles. The van der Waals surface area contributed by atoms with Gasteiger partial charge in [0, 0.05) is 43.2 Å². The summed E-state index contributed by atoms with van der Waals surface area (Å²) in [6, 6.07) is 10.1. The molecule has 0 aliphatic carbocycles. The van der Waals surface area contributed by atoms with Crippen LogP contribution in [0.3, 0.4) is 0 Å². The number of anilines is 3. The number of urea groups is 1. The van der Waals surface area contributed by atoms with Gasteiger partial charge in [-0.1, -0.05) is 6.07 Å². The van der Waals surface area contributed by atoms with Crippen molar-refractivity contribution in [1.29, 1.82) is 0 Å². The molecule has 0 radical (unpaired) electrons. The number of hydrogen-bond acceptors (Lipinski definition) is 4. The van der Waals surface area contributed by atoms with E-state index in [9.17, 15) is 22.8 Å². The number of benzene rings is 2. The molecule has 0 saturated carbocycles. The van der Waals surface area contributed by atoms with E-state index in [1.54, 1.807) is 24.3 Å². The molecule has 160 valence electrons. The Morgan fingerprint density at radius 3 is 2.13 bits per heavy atom. The fourth-order valence-corrected chi connectivity index (χ4v) is 2.98. The average molecular weight is 421 g/mol. The van der Waals surface area contributed by atoms with Crippen molar-refractivity contribution < 1.29 is 22.8 Å². The highest BCUT2D eigenvalue weighted by Crippen LogP contribution is 2.30. The van der Waals surface area contributed by atoms with Crippen molar-refractivity contribution in [2.24, 2.45) is 0 Å². The van der Waals surface area contributed by atoms with Gasteiger partial charge in [-0.05, 0) is 42.5 Å². The lowest BCUT2D eigenvalue weighted by atomic mass is 10.2. The van der Waals surface area contributed by atoms with Gasteiger partial charge in [-0.25, -0.2) is 4.79 Å². The van der Waals surface area contributed by atoms with Gasteiger partial charge >= 0.3 is 12.2 Å². The summed E-state index contributed by atoms with van der Waals surface area (Å²) < 4.78 is 38.2. The predicted molar refractivity (Wildman–Crippen MR) is 108 cm³/mol. The first-order valence-corrected chi connectivity index (χ1v) is 9.38. The summed E-state index contributed by atoms with van der Waals surface area (Å²) in [5.74, 6) is -0.125. The zero-order chi connectivity index (χ0) is 21.6. The summed E-state index contributed by atoms with van der Waals surface area (Å²) in [6.07, 6.45) is -4.49. The van der Waals surface area contributed by atoms with Crippen LogP contribution < -0.4 is 21.3 Å². The van der Waals surface area contributed by atoms with E-state index >= 15 is 0 Å². The fraction of sp³-hybridized carbons (Fsp3) is 0.300. The number of rotatable bonds is 5. The van der Waals surface area contributed by atoms with Crippen LogP contribution >= 0.6 is 0 Å². The maximum atomic E-state index is 12.7. The molecule has 10 heteroatoms. The van der Waals surface area contributed by atoms with Crippen LogP contribution in [0, 0.1) is 0 Å². The van der Waals surface area contributed by atoms with Gasteiger partial charge in [-0.2, -0.15) is 13.2 Å². The molecule has 0 bridgehead atoms. The van der Waals surface area contributed by atoms with Gasteiger partial charge in [-0.15, -0.1) is 0 Å². The quantitative estimate of drug-likeness (QED) is 0.598. The van der Waals surface area contributed by atoms with E-state index in [0.29, 0.717) is 17.9 Å². The number of alkyl halides is 3. The molecule has 2 aromatic rings. The van der Waals surface area contributed by atoms with Crippen LogP contribution in [0.1, 0.15) is 5.56 Å². The SMILES string of the molecule is O=C(CN1CCNCC1)Nc1ccc(NC(=O)Nc2cccc(C(F)(F)F)c2)cc1. The number of halogens is 3. The molecule has 1 fully saturated rings. The molecule has 1 aliphatic heterocycles. The zero-order valence-corrected chi connectivity index (χ0v) is 16.1. The van der Waals surface area contributed by atoms with Crippen LogP contribution in [-0.2, 0) is 11.0 Å². The summed E-state index contributed by atoms with van der Waals surface area (Å²) in [5, 5.41) is 10.9. The average Bonchev–Trinajstić information content (AvgIpc) is 2.70. The minimum absolute atomic E-state index is 0.0270. The number of piperazine rings is 1. The first-order chi connectivity index (χ1) is 14.3. The van der Waals surface area contributed by atoms with Gasteiger partial charge in [0.15, 0.2) is 0 Å². The highest BCUT2D eigenvalue weighted by molar-refractivity contribution is 6.00. The lowest BCUT2D eigenvalue weighted by Gasteiger charge is -2.26. The number of carbonyl (C=O) groups excluding carboxylic acids is 2. The molecule has 0 atom stereocenters. The molecular weight excluding hydrogens is 399 g/mol. The van der Waals surface area contributed by atoms with Gasteiger partial charge in [0.25, 0.3) is 0 Å². The lowest BCUT2D eigenvalue weighted by molar-refractivity contribution is -0.137. The van der Waals surface area contributed by atoms with Gasteiger partial charge < -0.3 is 21.3 Å². The number of hydrogen-bond donors (Lipinski definition) is 4. The van der Waals surface area contributed by atoms with E-state index in [1.165, 1.54) is 12.1 Å². The fourth-order valence-electron chi connectivity index (χ4n) is 2.98. The first-order valence-electron chi connectivity index (χ1n) is 9.38.